The van der Waals surface area contributed by atoms with E-state index in [0.717, 1.165) is 0 Å². The Balaban J connectivity index is 2.92. The molecule has 6 nitrogen and oxygen atoms in total. The van der Waals surface area contributed by atoms with Crippen LogP contribution in [-0.2, 0) is 4.74 Å². The molecule has 7 heteroatoms. The van der Waals surface area contributed by atoms with Gasteiger partial charge >= 0.3 is 5.97 Å². The van der Waals surface area contributed by atoms with Crippen molar-refractivity contribution >= 4 is 32.8 Å². The van der Waals surface area contributed by atoms with Crippen LogP contribution in [-0.4, -0.2) is 36.5 Å². The number of hydrogen-bond donors (Lipinski definition) is 1. The van der Waals surface area contributed by atoms with Gasteiger partial charge in [0.2, 0.25) is 5.43 Å². The maximum Gasteiger partial charge on any atom is 0.343 e. The summed E-state index contributed by atoms with van der Waals surface area (Å²) in [7, 11) is 2.74. The van der Waals surface area contributed by atoms with Crippen molar-refractivity contribution < 1.29 is 19.4 Å². The van der Waals surface area contributed by atoms with Gasteiger partial charge in [0, 0.05) is 17.6 Å². The lowest BCUT2D eigenvalue weighted by molar-refractivity contribution is 0.0598. The lowest BCUT2D eigenvalue weighted by atomic mass is 10.1. The number of hydrogen-bond acceptors (Lipinski definition) is 5. The Bertz CT molecular complexity index is 784. The molecule has 0 saturated heterocycles. The minimum absolute atomic E-state index is 0.0765. The molecule has 0 saturated carbocycles. The van der Waals surface area contributed by atoms with Crippen LogP contribution in [0.4, 0.5) is 0 Å². The summed E-state index contributed by atoms with van der Waals surface area (Å²) in [6, 6.07) is 2.97. The van der Waals surface area contributed by atoms with E-state index in [4.69, 9.17) is 4.74 Å². The van der Waals surface area contributed by atoms with Crippen molar-refractivity contribution in [3.05, 3.63) is 38.6 Å². The molecule has 118 valence electrons. The first-order chi connectivity index (χ1) is 10.4. The van der Waals surface area contributed by atoms with Gasteiger partial charge in [0.25, 0.3) is 0 Å². The fourth-order valence-electron chi connectivity index (χ4n) is 2.21. The second-order valence-corrected chi connectivity index (χ2v) is 5.66. The minimum atomic E-state index is -0.710. The van der Waals surface area contributed by atoms with E-state index in [1.807, 2.05) is 0 Å². The standard InChI is InChI=1S/C15H16BrNO5/c1-8(7-18)17-6-10(15(20)22-3)14(19)9-4-11(16)13(21-2)5-12(9)17/h4-6,8,18H,7H2,1-3H3. The Hall–Kier alpha value is -1.86. The van der Waals surface area contributed by atoms with Gasteiger partial charge in [-0.05, 0) is 28.9 Å². The highest BCUT2D eigenvalue weighted by Gasteiger charge is 2.19. The highest BCUT2D eigenvalue weighted by atomic mass is 79.9. The smallest absolute Gasteiger partial charge is 0.343 e. The van der Waals surface area contributed by atoms with E-state index in [1.165, 1.54) is 20.4 Å². The van der Waals surface area contributed by atoms with Crippen molar-refractivity contribution in [3.63, 3.8) is 0 Å². The predicted molar refractivity (Wildman–Crippen MR) is 85.6 cm³/mol. The first-order valence-electron chi connectivity index (χ1n) is 6.56. The van der Waals surface area contributed by atoms with Crippen molar-refractivity contribution in [3.8, 4) is 5.75 Å². The molecule has 1 aromatic carbocycles. The molecule has 1 aromatic heterocycles. The second kappa shape index (κ2) is 6.50. The highest BCUT2D eigenvalue weighted by Crippen LogP contribution is 2.30. The van der Waals surface area contributed by atoms with Crippen molar-refractivity contribution in [1.29, 1.82) is 0 Å². The predicted octanol–water partition coefficient (Wildman–Crippen LogP) is 2.11. The number of methoxy groups -OCH3 is 2. The number of esters is 1. The topological polar surface area (TPSA) is 77.8 Å². The summed E-state index contributed by atoms with van der Waals surface area (Å²) >= 11 is 3.33. The van der Waals surface area contributed by atoms with E-state index < -0.39 is 11.4 Å². The van der Waals surface area contributed by atoms with Gasteiger partial charge in [-0.15, -0.1) is 0 Å². The molecule has 22 heavy (non-hydrogen) atoms. The summed E-state index contributed by atoms with van der Waals surface area (Å²) in [4.78, 5) is 24.3. The SMILES string of the molecule is COC(=O)c1cn(C(C)CO)c2cc(OC)c(Br)cc2c1=O. The third kappa shape index (κ3) is 2.74. The minimum Gasteiger partial charge on any atom is -0.495 e. The second-order valence-electron chi connectivity index (χ2n) is 4.81. The Labute approximate surface area is 135 Å². The number of rotatable bonds is 4. The first kappa shape index (κ1) is 16.5. The molecule has 0 aliphatic heterocycles. The van der Waals surface area contributed by atoms with E-state index >= 15 is 0 Å². The van der Waals surface area contributed by atoms with Crippen LogP contribution in [0.5, 0.6) is 5.75 Å². The quantitative estimate of drug-likeness (QED) is 0.835. The average Bonchev–Trinajstić information content (AvgIpc) is 2.53. The lowest BCUT2D eigenvalue weighted by Gasteiger charge is -2.19. The van der Waals surface area contributed by atoms with Crippen LogP contribution in [0.15, 0.2) is 27.6 Å². The zero-order valence-corrected chi connectivity index (χ0v) is 14.0. The lowest BCUT2D eigenvalue weighted by Crippen LogP contribution is -2.22. The maximum absolute atomic E-state index is 12.5. The fraction of sp³-hybridized carbons (Fsp3) is 0.333. The first-order valence-corrected chi connectivity index (χ1v) is 7.35. The molecule has 0 spiro atoms. The van der Waals surface area contributed by atoms with Gasteiger partial charge in [-0.1, -0.05) is 0 Å². The fourth-order valence-corrected chi connectivity index (χ4v) is 2.72. The summed E-state index contributed by atoms with van der Waals surface area (Å²) in [6.45, 7) is 1.64. The molecule has 1 atom stereocenters. The van der Waals surface area contributed by atoms with Crippen molar-refractivity contribution in [1.82, 2.24) is 4.57 Å². The number of ether oxygens (including phenoxy) is 2. The van der Waals surface area contributed by atoms with Crippen LogP contribution in [0.25, 0.3) is 10.9 Å². The van der Waals surface area contributed by atoms with Crippen LogP contribution >= 0.6 is 15.9 Å². The number of halogens is 1. The molecule has 2 aromatic rings. The molecule has 0 amide bonds. The van der Waals surface area contributed by atoms with Crippen LogP contribution in [0.1, 0.15) is 23.3 Å². The Kier molecular flexibility index (Phi) is 4.87. The molecule has 0 fully saturated rings. The largest absolute Gasteiger partial charge is 0.495 e. The summed E-state index contributed by atoms with van der Waals surface area (Å²) in [6.07, 6.45) is 1.41. The van der Waals surface area contributed by atoms with Gasteiger partial charge in [-0.25, -0.2) is 4.79 Å². The molecular weight excluding hydrogens is 354 g/mol. The third-order valence-electron chi connectivity index (χ3n) is 3.45. The van der Waals surface area contributed by atoms with E-state index in [-0.39, 0.29) is 18.2 Å². The molecule has 1 unspecified atom stereocenters. The Morgan fingerprint density at radius 1 is 1.41 bits per heavy atom. The summed E-state index contributed by atoms with van der Waals surface area (Å²) in [5, 5.41) is 9.77. The Morgan fingerprint density at radius 2 is 2.09 bits per heavy atom. The highest BCUT2D eigenvalue weighted by molar-refractivity contribution is 9.10. The van der Waals surface area contributed by atoms with Crippen molar-refractivity contribution in [2.75, 3.05) is 20.8 Å². The molecule has 2 rings (SSSR count). The van der Waals surface area contributed by atoms with E-state index in [0.29, 0.717) is 21.1 Å². The zero-order valence-electron chi connectivity index (χ0n) is 12.4. The number of carbonyl (C=O) groups excluding carboxylic acids is 1. The molecular formula is C15H16BrNO5. The number of fused-ring (bicyclic) bond motifs is 1. The van der Waals surface area contributed by atoms with Gasteiger partial charge in [-0.3, -0.25) is 4.79 Å². The number of aliphatic hydroxyl groups is 1. The van der Waals surface area contributed by atoms with Crippen LogP contribution in [0.2, 0.25) is 0 Å². The molecule has 0 aliphatic rings. The molecule has 1 N–H and O–H groups in total. The van der Waals surface area contributed by atoms with Crippen molar-refractivity contribution in [2.24, 2.45) is 0 Å². The van der Waals surface area contributed by atoms with Gasteiger partial charge in [-0.2, -0.15) is 0 Å². The Morgan fingerprint density at radius 3 is 2.64 bits per heavy atom. The van der Waals surface area contributed by atoms with Crippen LogP contribution < -0.4 is 10.2 Å². The summed E-state index contributed by atoms with van der Waals surface area (Å²) in [5.74, 6) is -0.158. The van der Waals surface area contributed by atoms with Gasteiger partial charge in [0.05, 0.1) is 36.9 Å². The van der Waals surface area contributed by atoms with Gasteiger partial charge in [0.1, 0.15) is 11.3 Å². The monoisotopic (exact) mass is 369 g/mol. The number of benzene rings is 1. The third-order valence-corrected chi connectivity index (χ3v) is 4.07. The van der Waals surface area contributed by atoms with E-state index in [2.05, 4.69) is 20.7 Å². The number of aliphatic hydroxyl groups excluding tert-OH is 1. The normalized spacial score (nSPS) is 12.2. The van der Waals surface area contributed by atoms with Gasteiger partial charge in [0.15, 0.2) is 0 Å². The summed E-state index contributed by atoms with van der Waals surface area (Å²) < 4.78 is 12.2. The van der Waals surface area contributed by atoms with E-state index in [9.17, 15) is 14.7 Å². The molecule has 0 radical (unpaired) electrons. The average molecular weight is 370 g/mol. The number of aromatic nitrogens is 1. The van der Waals surface area contributed by atoms with Gasteiger partial charge < -0.3 is 19.1 Å². The molecule has 0 bridgehead atoms. The molecule has 1 heterocycles. The number of nitrogens with zero attached hydrogens (tertiary/aromatic N) is 1. The number of pyridine rings is 1. The number of carbonyl (C=O) groups is 1. The van der Waals surface area contributed by atoms with Crippen LogP contribution in [0.3, 0.4) is 0 Å². The zero-order chi connectivity index (χ0) is 16.4. The van der Waals surface area contributed by atoms with Crippen molar-refractivity contribution in [2.45, 2.75) is 13.0 Å². The maximum atomic E-state index is 12.5. The van der Waals surface area contributed by atoms with Crippen LogP contribution in [0, 0.1) is 0 Å². The molecule has 0 aliphatic carbocycles. The van der Waals surface area contributed by atoms with E-state index in [1.54, 1.807) is 23.6 Å². The summed E-state index contributed by atoms with van der Waals surface area (Å²) in [5.41, 5.74) is 0.0678.